The minimum absolute atomic E-state index is 0.136. The maximum absolute atomic E-state index is 12.5. The molecule has 2 rings (SSSR count). The lowest BCUT2D eigenvalue weighted by Gasteiger charge is -2.25. The number of rotatable bonds is 2. The van der Waals surface area contributed by atoms with Gasteiger partial charge < -0.3 is 5.73 Å². The Hall–Kier alpha value is -1.07. The number of hydrogen-bond acceptors (Lipinski definition) is 2. The summed E-state index contributed by atoms with van der Waals surface area (Å²) >= 11 is 0. The molecule has 0 unspecified atom stereocenters. The van der Waals surface area contributed by atoms with Crippen molar-refractivity contribution in [1.29, 1.82) is 0 Å². The summed E-state index contributed by atoms with van der Waals surface area (Å²) in [5.41, 5.74) is 6.03. The second-order valence-electron chi connectivity index (χ2n) is 4.83. The Kier molecular flexibility index (Phi) is 3.64. The van der Waals surface area contributed by atoms with Crippen LogP contribution in [0.3, 0.4) is 0 Å². The lowest BCUT2D eigenvalue weighted by Crippen LogP contribution is -2.25. The Morgan fingerprint density at radius 3 is 2.39 bits per heavy atom. The Labute approximate surface area is 105 Å². The van der Waals surface area contributed by atoms with Gasteiger partial charge in [0.25, 0.3) is 0 Å². The molecule has 1 aliphatic heterocycles. The zero-order chi connectivity index (χ0) is 13.3. The van der Waals surface area contributed by atoms with Crippen LogP contribution in [0.1, 0.15) is 23.6 Å². The molecule has 2 N–H and O–H groups in total. The first kappa shape index (κ1) is 13.4. The summed E-state index contributed by atoms with van der Waals surface area (Å²) in [7, 11) is 1.98. The molecule has 1 aromatic rings. The van der Waals surface area contributed by atoms with E-state index >= 15 is 0 Å². The SMILES string of the molecule is CN1CC[C@H](CN)[C@@H]1c1ccc(C(F)(F)F)cc1. The zero-order valence-electron chi connectivity index (χ0n) is 10.2. The van der Waals surface area contributed by atoms with Crippen LogP contribution in [-0.4, -0.2) is 25.0 Å². The third kappa shape index (κ3) is 2.52. The highest BCUT2D eigenvalue weighted by Crippen LogP contribution is 2.37. The summed E-state index contributed by atoms with van der Waals surface area (Å²) in [4.78, 5) is 2.15. The molecule has 1 heterocycles. The normalized spacial score (nSPS) is 25.6. The van der Waals surface area contributed by atoms with E-state index in [-0.39, 0.29) is 6.04 Å². The molecule has 1 aromatic carbocycles. The number of nitrogens with two attached hydrogens (primary N) is 1. The van der Waals surface area contributed by atoms with Crippen LogP contribution >= 0.6 is 0 Å². The van der Waals surface area contributed by atoms with E-state index in [0.717, 1.165) is 30.7 Å². The van der Waals surface area contributed by atoms with Crippen molar-refractivity contribution in [3.8, 4) is 0 Å². The van der Waals surface area contributed by atoms with Crippen LogP contribution in [0, 0.1) is 5.92 Å². The van der Waals surface area contributed by atoms with E-state index in [0.29, 0.717) is 12.5 Å². The molecule has 1 aliphatic rings. The third-order valence-electron chi connectivity index (χ3n) is 3.66. The standard InChI is InChI=1S/C13H17F3N2/c1-18-7-6-10(8-17)12(18)9-2-4-11(5-3-9)13(14,15)16/h2-5,10,12H,6-8,17H2,1H3/t10-,12+/m1/s1. The lowest BCUT2D eigenvalue weighted by molar-refractivity contribution is -0.137. The van der Waals surface area contributed by atoms with Crippen LogP contribution in [0.5, 0.6) is 0 Å². The maximum atomic E-state index is 12.5. The van der Waals surface area contributed by atoms with Gasteiger partial charge in [-0.3, -0.25) is 4.90 Å². The second-order valence-corrected chi connectivity index (χ2v) is 4.83. The molecule has 0 bridgehead atoms. The summed E-state index contributed by atoms with van der Waals surface area (Å²) in [6, 6.07) is 5.57. The number of nitrogens with zero attached hydrogens (tertiary/aromatic N) is 1. The van der Waals surface area contributed by atoms with E-state index in [9.17, 15) is 13.2 Å². The molecule has 18 heavy (non-hydrogen) atoms. The maximum Gasteiger partial charge on any atom is 0.416 e. The van der Waals surface area contributed by atoms with Gasteiger partial charge in [0.1, 0.15) is 0 Å². The summed E-state index contributed by atoms with van der Waals surface area (Å²) in [5.74, 6) is 0.326. The average molecular weight is 258 g/mol. The Bertz CT molecular complexity index is 400. The third-order valence-corrected chi connectivity index (χ3v) is 3.66. The van der Waals surface area contributed by atoms with Crippen LogP contribution in [-0.2, 0) is 6.18 Å². The highest BCUT2D eigenvalue weighted by Gasteiger charge is 2.33. The van der Waals surface area contributed by atoms with Crippen molar-refractivity contribution in [2.24, 2.45) is 11.7 Å². The lowest BCUT2D eigenvalue weighted by atomic mass is 9.93. The first-order valence-electron chi connectivity index (χ1n) is 6.01. The van der Waals surface area contributed by atoms with E-state index in [2.05, 4.69) is 4.90 Å². The molecule has 1 saturated heterocycles. The van der Waals surface area contributed by atoms with Crippen LogP contribution in [0.15, 0.2) is 24.3 Å². The van der Waals surface area contributed by atoms with Gasteiger partial charge in [0.05, 0.1) is 5.56 Å². The molecule has 2 nitrogen and oxygen atoms in total. The molecule has 0 radical (unpaired) electrons. The molecule has 0 aromatic heterocycles. The number of halogens is 3. The van der Waals surface area contributed by atoms with Gasteiger partial charge in [-0.15, -0.1) is 0 Å². The van der Waals surface area contributed by atoms with Gasteiger partial charge in [-0.25, -0.2) is 0 Å². The zero-order valence-corrected chi connectivity index (χ0v) is 10.2. The van der Waals surface area contributed by atoms with Crippen molar-refractivity contribution in [1.82, 2.24) is 4.90 Å². The number of benzene rings is 1. The van der Waals surface area contributed by atoms with Gasteiger partial charge >= 0.3 is 6.18 Å². The monoisotopic (exact) mass is 258 g/mol. The molecule has 0 aliphatic carbocycles. The van der Waals surface area contributed by atoms with Crippen molar-refractivity contribution < 1.29 is 13.2 Å². The van der Waals surface area contributed by atoms with E-state index in [1.807, 2.05) is 7.05 Å². The van der Waals surface area contributed by atoms with E-state index in [4.69, 9.17) is 5.73 Å². The van der Waals surface area contributed by atoms with Crippen molar-refractivity contribution in [2.75, 3.05) is 20.1 Å². The molecule has 0 spiro atoms. The van der Waals surface area contributed by atoms with Crippen molar-refractivity contribution in [3.63, 3.8) is 0 Å². The first-order valence-corrected chi connectivity index (χ1v) is 6.01. The number of alkyl halides is 3. The molecule has 1 fully saturated rings. The van der Waals surface area contributed by atoms with Crippen LogP contribution in [0.2, 0.25) is 0 Å². The van der Waals surface area contributed by atoms with Crippen molar-refractivity contribution >= 4 is 0 Å². The van der Waals surface area contributed by atoms with Gasteiger partial charge in [0.15, 0.2) is 0 Å². The fraction of sp³-hybridized carbons (Fsp3) is 0.538. The molecule has 2 atom stereocenters. The van der Waals surface area contributed by atoms with Gasteiger partial charge in [-0.05, 0) is 50.2 Å². The van der Waals surface area contributed by atoms with Crippen molar-refractivity contribution in [3.05, 3.63) is 35.4 Å². The Morgan fingerprint density at radius 2 is 1.89 bits per heavy atom. The molecular formula is C13H17F3N2. The van der Waals surface area contributed by atoms with Crippen molar-refractivity contribution in [2.45, 2.75) is 18.6 Å². The average Bonchev–Trinajstić information content (AvgIpc) is 2.69. The van der Waals surface area contributed by atoms with E-state index < -0.39 is 11.7 Å². The Balaban J connectivity index is 2.23. The summed E-state index contributed by atoms with van der Waals surface area (Å²) in [6.07, 6.45) is -3.27. The quantitative estimate of drug-likeness (QED) is 0.883. The van der Waals surface area contributed by atoms with E-state index in [1.165, 1.54) is 0 Å². The van der Waals surface area contributed by atoms with Gasteiger partial charge in [-0.2, -0.15) is 13.2 Å². The van der Waals surface area contributed by atoms with E-state index in [1.54, 1.807) is 12.1 Å². The van der Waals surface area contributed by atoms with Crippen LogP contribution in [0.4, 0.5) is 13.2 Å². The molecule has 0 saturated carbocycles. The smallest absolute Gasteiger partial charge is 0.330 e. The summed E-state index contributed by atoms with van der Waals surface area (Å²) < 4.78 is 37.5. The van der Waals surface area contributed by atoms with Gasteiger partial charge in [-0.1, -0.05) is 12.1 Å². The molecular weight excluding hydrogens is 241 g/mol. The Morgan fingerprint density at radius 1 is 1.28 bits per heavy atom. The van der Waals surface area contributed by atoms with Gasteiger partial charge in [0.2, 0.25) is 0 Å². The fourth-order valence-corrected chi connectivity index (χ4v) is 2.67. The largest absolute Gasteiger partial charge is 0.416 e. The summed E-state index contributed by atoms with van der Waals surface area (Å²) in [6.45, 7) is 1.50. The minimum Gasteiger partial charge on any atom is -0.330 e. The highest BCUT2D eigenvalue weighted by atomic mass is 19.4. The highest BCUT2D eigenvalue weighted by molar-refractivity contribution is 5.28. The summed E-state index contributed by atoms with van der Waals surface area (Å²) in [5, 5.41) is 0. The van der Waals surface area contributed by atoms with Crippen LogP contribution < -0.4 is 5.73 Å². The van der Waals surface area contributed by atoms with Crippen LogP contribution in [0.25, 0.3) is 0 Å². The molecule has 100 valence electrons. The predicted molar refractivity (Wildman–Crippen MR) is 64.0 cm³/mol. The molecule has 0 amide bonds. The topological polar surface area (TPSA) is 29.3 Å². The van der Waals surface area contributed by atoms with Gasteiger partial charge in [0, 0.05) is 6.04 Å². The second kappa shape index (κ2) is 4.90. The minimum atomic E-state index is -4.27. The predicted octanol–water partition coefficient (Wildman–Crippen LogP) is 2.66. The number of likely N-dealkylation sites (tertiary alicyclic amines) is 1. The first-order chi connectivity index (χ1) is 8.43. The number of hydrogen-bond donors (Lipinski definition) is 1. The molecule has 5 heteroatoms. The fourth-order valence-electron chi connectivity index (χ4n) is 2.67.